The monoisotopic (exact) mass is 324 g/mol. The van der Waals surface area contributed by atoms with E-state index >= 15 is 0 Å². The minimum atomic E-state index is -4.45. The molecule has 0 aliphatic carbocycles. The van der Waals surface area contributed by atoms with E-state index in [-0.39, 0.29) is 5.56 Å². The largest absolute Gasteiger partial charge is 0.416 e. The van der Waals surface area contributed by atoms with Crippen LogP contribution < -0.4 is 0 Å². The van der Waals surface area contributed by atoms with Crippen molar-refractivity contribution in [2.24, 2.45) is 0 Å². The molecule has 0 nitrogen and oxygen atoms in total. The van der Waals surface area contributed by atoms with Crippen molar-refractivity contribution in [3.63, 3.8) is 0 Å². The quantitative estimate of drug-likeness (QED) is 0.584. The first-order valence-electron chi connectivity index (χ1n) is 4.41. The SMILES string of the molecule is Cc1cc(C(Cl)C(Cl)(Cl)Cl)cc(C(F)(F)F)c1. The number of halogens is 7. The zero-order valence-electron chi connectivity index (χ0n) is 8.46. The summed E-state index contributed by atoms with van der Waals surface area (Å²) in [7, 11) is 0. The predicted octanol–water partition coefficient (Wildman–Crippen LogP) is 5.66. The van der Waals surface area contributed by atoms with Gasteiger partial charge in [-0.05, 0) is 24.6 Å². The molecule has 0 fully saturated rings. The Kier molecular flexibility index (Phi) is 4.52. The molecular formula is C10H7Cl4F3. The second-order valence-electron chi connectivity index (χ2n) is 3.53. The fourth-order valence-corrected chi connectivity index (χ4v) is 1.82. The Hall–Kier alpha value is 0.170. The Balaban J connectivity index is 3.24. The van der Waals surface area contributed by atoms with Crippen molar-refractivity contribution in [3.8, 4) is 0 Å². The highest BCUT2D eigenvalue weighted by Crippen LogP contribution is 2.45. The van der Waals surface area contributed by atoms with Crippen LogP contribution in [0.25, 0.3) is 0 Å². The number of rotatable bonds is 1. The molecule has 0 N–H and O–H groups in total. The van der Waals surface area contributed by atoms with E-state index < -0.39 is 20.9 Å². The van der Waals surface area contributed by atoms with Gasteiger partial charge in [-0.3, -0.25) is 0 Å². The van der Waals surface area contributed by atoms with Crippen LogP contribution in [0.4, 0.5) is 13.2 Å². The van der Waals surface area contributed by atoms with Gasteiger partial charge in [0.15, 0.2) is 0 Å². The fourth-order valence-electron chi connectivity index (χ4n) is 1.31. The van der Waals surface area contributed by atoms with Crippen molar-refractivity contribution >= 4 is 46.4 Å². The maximum absolute atomic E-state index is 12.6. The Morgan fingerprint density at radius 1 is 1.06 bits per heavy atom. The molecular weight excluding hydrogens is 319 g/mol. The molecule has 0 spiro atoms. The van der Waals surface area contributed by atoms with E-state index in [4.69, 9.17) is 46.4 Å². The summed E-state index contributed by atoms with van der Waals surface area (Å²) in [6.45, 7) is 1.51. The van der Waals surface area contributed by atoms with E-state index in [1.165, 1.54) is 13.0 Å². The number of aryl methyl sites for hydroxylation is 1. The van der Waals surface area contributed by atoms with Gasteiger partial charge in [0, 0.05) is 0 Å². The van der Waals surface area contributed by atoms with Crippen LogP contribution in [-0.4, -0.2) is 3.79 Å². The Bertz CT molecular complexity index is 409. The summed E-state index contributed by atoms with van der Waals surface area (Å²) in [6.07, 6.45) is -4.45. The van der Waals surface area contributed by atoms with Crippen molar-refractivity contribution < 1.29 is 13.2 Å². The highest BCUT2D eigenvalue weighted by Gasteiger charge is 2.35. The van der Waals surface area contributed by atoms with Gasteiger partial charge in [-0.15, -0.1) is 11.6 Å². The lowest BCUT2D eigenvalue weighted by molar-refractivity contribution is -0.137. The van der Waals surface area contributed by atoms with Crippen LogP contribution in [0.1, 0.15) is 22.1 Å². The molecule has 1 unspecified atom stereocenters. The topological polar surface area (TPSA) is 0 Å². The predicted molar refractivity (Wildman–Crippen MR) is 65.1 cm³/mol. The second-order valence-corrected chi connectivity index (χ2v) is 6.34. The van der Waals surface area contributed by atoms with E-state index in [9.17, 15) is 13.2 Å². The van der Waals surface area contributed by atoms with Gasteiger partial charge in [0.05, 0.1) is 5.56 Å². The first-order valence-corrected chi connectivity index (χ1v) is 5.98. The third-order valence-corrected chi connectivity index (χ3v) is 3.58. The van der Waals surface area contributed by atoms with Crippen molar-refractivity contribution in [1.29, 1.82) is 0 Å². The maximum atomic E-state index is 12.6. The summed E-state index contributed by atoms with van der Waals surface area (Å²) in [6, 6.07) is 3.34. The average Bonchev–Trinajstić information content (AvgIpc) is 2.12. The summed E-state index contributed by atoms with van der Waals surface area (Å²) < 4.78 is 35.8. The van der Waals surface area contributed by atoms with Gasteiger partial charge < -0.3 is 0 Å². The Morgan fingerprint density at radius 3 is 2.00 bits per heavy atom. The van der Waals surface area contributed by atoms with Crippen LogP contribution in [0.2, 0.25) is 0 Å². The van der Waals surface area contributed by atoms with Crippen LogP contribution in [0, 0.1) is 6.92 Å². The molecule has 96 valence electrons. The molecule has 0 saturated carbocycles. The summed E-state index contributed by atoms with van der Waals surface area (Å²) >= 11 is 22.5. The van der Waals surface area contributed by atoms with Crippen LogP contribution in [0.5, 0.6) is 0 Å². The van der Waals surface area contributed by atoms with Gasteiger partial charge in [-0.1, -0.05) is 46.4 Å². The third kappa shape index (κ3) is 4.09. The van der Waals surface area contributed by atoms with Crippen molar-refractivity contribution in [2.75, 3.05) is 0 Å². The zero-order valence-corrected chi connectivity index (χ0v) is 11.5. The Labute approximate surface area is 117 Å². The molecule has 17 heavy (non-hydrogen) atoms. The molecule has 0 bridgehead atoms. The summed E-state index contributed by atoms with van der Waals surface area (Å²) in [4.78, 5) is 0. The minimum absolute atomic E-state index is 0.124. The van der Waals surface area contributed by atoms with E-state index in [1.54, 1.807) is 0 Å². The lowest BCUT2D eigenvalue weighted by atomic mass is 10.0. The fraction of sp³-hybridized carbons (Fsp3) is 0.400. The standard InChI is InChI=1S/C10H7Cl4F3/c1-5-2-6(8(11)9(12,13)14)4-7(3-5)10(15,16)17/h2-4,8H,1H3. The minimum Gasteiger partial charge on any atom is -0.166 e. The van der Waals surface area contributed by atoms with E-state index in [0.29, 0.717) is 5.56 Å². The molecule has 0 aliphatic heterocycles. The highest BCUT2D eigenvalue weighted by atomic mass is 35.6. The molecule has 1 rings (SSSR count). The number of hydrogen-bond donors (Lipinski definition) is 0. The van der Waals surface area contributed by atoms with Crippen LogP contribution in [0.15, 0.2) is 18.2 Å². The van der Waals surface area contributed by atoms with Gasteiger partial charge in [0.25, 0.3) is 0 Å². The van der Waals surface area contributed by atoms with Crippen LogP contribution >= 0.6 is 46.4 Å². The molecule has 0 saturated heterocycles. The molecule has 0 amide bonds. The molecule has 0 radical (unpaired) electrons. The van der Waals surface area contributed by atoms with Gasteiger partial charge in [-0.2, -0.15) is 13.2 Å². The normalized spacial score (nSPS) is 14.8. The first-order chi connectivity index (χ1) is 7.51. The van der Waals surface area contributed by atoms with Crippen LogP contribution in [-0.2, 0) is 6.18 Å². The van der Waals surface area contributed by atoms with Gasteiger partial charge in [0.2, 0.25) is 3.79 Å². The number of hydrogen-bond acceptors (Lipinski definition) is 0. The molecule has 1 aromatic rings. The lowest BCUT2D eigenvalue weighted by Crippen LogP contribution is -2.13. The van der Waals surface area contributed by atoms with Gasteiger partial charge >= 0.3 is 6.18 Å². The summed E-state index contributed by atoms with van der Waals surface area (Å²) in [5.41, 5.74) is -0.291. The molecule has 0 aromatic heterocycles. The zero-order chi connectivity index (χ0) is 13.4. The molecule has 1 atom stereocenters. The summed E-state index contributed by atoms with van der Waals surface area (Å²) in [5, 5.41) is -1.14. The molecule has 0 aliphatic rings. The Morgan fingerprint density at radius 2 is 1.59 bits per heavy atom. The second kappa shape index (κ2) is 5.04. The van der Waals surface area contributed by atoms with Gasteiger partial charge in [0.1, 0.15) is 5.38 Å². The van der Waals surface area contributed by atoms with E-state index in [2.05, 4.69) is 0 Å². The van der Waals surface area contributed by atoms with Crippen molar-refractivity contribution in [2.45, 2.75) is 22.3 Å². The summed E-state index contributed by atoms with van der Waals surface area (Å²) in [5.74, 6) is 0. The maximum Gasteiger partial charge on any atom is 0.416 e. The average molecular weight is 326 g/mol. The number of benzene rings is 1. The number of alkyl halides is 7. The first kappa shape index (κ1) is 15.2. The molecule has 0 heterocycles. The van der Waals surface area contributed by atoms with E-state index in [1.807, 2.05) is 0 Å². The highest BCUT2D eigenvalue weighted by molar-refractivity contribution is 6.70. The molecule has 7 heteroatoms. The smallest absolute Gasteiger partial charge is 0.166 e. The van der Waals surface area contributed by atoms with Crippen LogP contribution in [0.3, 0.4) is 0 Å². The third-order valence-electron chi connectivity index (χ3n) is 2.01. The molecule has 1 aromatic carbocycles. The lowest BCUT2D eigenvalue weighted by Gasteiger charge is -2.20. The van der Waals surface area contributed by atoms with E-state index in [0.717, 1.165) is 12.1 Å². The van der Waals surface area contributed by atoms with Gasteiger partial charge in [-0.25, -0.2) is 0 Å². The van der Waals surface area contributed by atoms with Crippen molar-refractivity contribution in [1.82, 2.24) is 0 Å². The van der Waals surface area contributed by atoms with Crippen molar-refractivity contribution in [3.05, 3.63) is 34.9 Å².